The molecule has 5 N–H and O–H groups in total. The molecule has 1 spiro atoms. The number of nitrogens with one attached hydrogen (secondary N) is 2. The average Bonchev–Trinajstić information content (AvgIpc) is 3.55. The Balaban J connectivity index is 0.00000149. The molecule has 0 bridgehead atoms. The van der Waals surface area contributed by atoms with Crippen molar-refractivity contribution in [1.29, 1.82) is 0 Å². The van der Waals surface area contributed by atoms with Crippen LogP contribution in [0.5, 0.6) is 5.75 Å². The third-order valence-electron chi connectivity index (χ3n) is 5.69. The van der Waals surface area contributed by atoms with Crippen LogP contribution in [0, 0.1) is 24.4 Å². The normalized spacial score (nSPS) is 22.7. The zero-order valence-electron chi connectivity index (χ0n) is 18.6. The Labute approximate surface area is 191 Å². The number of aliphatic hydroxyl groups excluding tert-OH is 1. The number of anilines is 3. The molecule has 2 aromatic carbocycles. The van der Waals surface area contributed by atoms with Crippen molar-refractivity contribution in [2.45, 2.75) is 56.9 Å². The van der Waals surface area contributed by atoms with Gasteiger partial charge in [-0.1, -0.05) is 19.9 Å². The van der Waals surface area contributed by atoms with E-state index < -0.39 is 55.7 Å². The van der Waals surface area contributed by atoms with Crippen molar-refractivity contribution in [3.63, 3.8) is 0 Å². The number of hydrogen-bond acceptors (Lipinski definition) is 6. The predicted octanol–water partition coefficient (Wildman–Crippen LogP) is 3.93. The second-order valence-corrected chi connectivity index (χ2v) is 10.1. The number of fused-ring (bicyclic) bond motifs is 1. The summed E-state index contributed by atoms with van der Waals surface area (Å²) in [6, 6.07) is 3.85. The first kappa shape index (κ1) is 25.1. The quantitative estimate of drug-likeness (QED) is 0.511. The molecule has 7 nitrogen and oxygen atoms in total. The van der Waals surface area contributed by atoms with Crippen LogP contribution >= 0.6 is 0 Å². The third kappa shape index (κ3) is 4.90. The van der Waals surface area contributed by atoms with E-state index in [1.807, 2.05) is 13.8 Å². The number of sulfonamides is 1. The van der Waals surface area contributed by atoms with Crippen molar-refractivity contribution >= 4 is 27.1 Å². The number of benzene rings is 2. The van der Waals surface area contributed by atoms with Crippen molar-refractivity contribution in [3.8, 4) is 5.75 Å². The number of halogens is 3. The fraction of sp³-hybridized carbons (Fsp3) is 0.455. The standard InChI is InChI=1S/C20H22F3N3O4S.C2H6/c1-10-2-3-14(11(21)6-10)25-19-17(23)12(22)7-16-18(19)26-31(28,29)20(4-5-20)8-13(24)15(27)9-30-16;1-2/h2-3,6-7,13,15,25-27H,4-5,8-9,24H2,1H3;1-2H3. The van der Waals surface area contributed by atoms with Crippen molar-refractivity contribution in [1.82, 2.24) is 0 Å². The molecular weight excluding hydrogens is 459 g/mol. The number of aryl methyl sites for hydroxylation is 1. The van der Waals surface area contributed by atoms with Gasteiger partial charge in [0.05, 0.1) is 10.4 Å². The Morgan fingerprint density at radius 2 is 1.85 bits per heavy atom. The minimum absolute atomic E-state index is 0.0266. The second kappa shape index (κ2) is 9.40. The predicted molar refractivity (Wildman–Crippen MR) is 121 cm³/mol. The molecule has 4 rings (SSSR count). The highest BCUT2D eigenvalue weighted by atomic mass is 32.2. The number of ether oxygens (including phenoxy) is 1. The lowest BCUT2D eigenvalue weighted by atomic mass is 10.1. The maximum atomic E-state index is 14.8. The van der Waals surface area contributed by atoms with Gasteiger partial charge in [0, 0.05) is 12.1 Å². The summed E-state index contributed by atoms with van der Waals surface area (Å²) in [6.07, 6.45) is -0.644. The van der Waals surface area contributed by atoms with Gasteiger partial charge in [-0.05, 0) is 43.9 Å². The lowest BCUT2D eigenvalue weighted by molar-refractivity contribution is 0.0816. The molecule has 2 unspecified atom stereocenters. The lowest BCUT2D eigenvalue weighted by Gasteiger charge is -2.28. The summed E-state index contributed by atoms with van der Waals surface area (Å²) < 4.78 is 76.1. The van der Waals surface area contributed by atoms with Gasteiger partial charge in [-0.3, -0.25) is 4.72 Å². The van der Waals surface area contributed by atoms with Crippen LogP contribution in [0.3, 0.4) is 0 Å². The van der Waals surface area contributed by atoms with Crippen LogP contribution in [0.25, 0.3) is 0 Å². The summed E-state index contributed by atoms with van der Waals surface area (Å²) in [7, 11) is -4.12. The molecule has 1 saturated carbocycles. The van der Waals surface area contributed by atoms with Crippen LogP contribution in [-0.4, -0.2) is 37.0 Å². The zero-order valence-corrected chi connectivity index (χ0v) is 19.4. The number of rotatable bonds is 2. The van der Waals surface area contributed by atoms with Crippen molar-refractivity contribution in [2.24, 2.45) is 5.73 Å². The Kier molecular flexibility index (Phi) is 7.15. The highest BCUT2D eigenvalue weighted by molar-refractivity contribution is 7.94. The minimum Gasteiger partial charge on any atom is -0.488 e. The molecule has 2 atom stereocenters. The fourth-order valence-electron chi connectivity index (χ4n) is 3.62. The van der Waals surface area contributed by atoms with E-state index in [9.17, 15) is 26.7 Å². The number of aliphatic hydroxyl groups is 1. The molecule has 11 heteroatoms. The topological polar surface area (TPSA) is 114 Å². The van der Waals surface area contributed by atoms with Crippen molar-refractivity contribution in [2.75, 3.05) is 16.6 Å². The van der Waals surface area contributed by atoms with Gasteiger partial charge in [-0.2, -0.15) is 0 Å². The Morgan fingerprint density at radius 3 is 2.45 bits per heavy atom. The molecule has 182 valence electrons. The molecule has 33 heavy (non-hydrogen) atoms. The van der Waals surface area contributed by atoms with Crippen LogP contribution in [0.15, 0.2) is 24.3 Å². The van der Waals surface area contributed by atoms with Crippen LogP contribution in [0.4, 0.5) is 30.2 Å². The minimum atomic E-state index is -4.12. The lowest BCUT2D eigenvalue weighted by Crippen LogP contribution is -2.45. The van der Waals surface area contributed by atoms with Crippen molar-refractivity contribution < 1.29 is 31.4 Å². The molecular formula is C22H28F3N3O4S. The number of nitrogens with two attached hydrogens (primary N) is 1. The Bertz CT molecular complexity index is 1140. The summed E-state index contributed by atoms with van der Waals surface area (Å²) in [4.78, 5) is 0. The van der Waals surface area contributed by atoms with Crippen LogP contribution in [0.1, 0.15) is 38.7 Å². The molecule has 1 heterocycles. The second-order valence-electron chi connectivity index (χ2n) is 8.06. The monoisotopic (exact) mass is 487 g/mol. The molecule has 1 fully saturated rings. The third-order valence-corrected chi connectivity index (χ3v) is 7.88. The van der Waals surface area contributed by atoms with E-state index in [0.29, 0.717) is 24.5 Å². The first-order chi connectivity index (χ1) is 15.5. The van der Waals surface area contributed by atoms with Gasteiger partial charge in [0.2, 0.25) is 10.0 Å². The smallest absolute Gasteiger partial charge is 0.238 e. The zero-order chi connectivity index (χ0) is 24.6. The molecule has 1 aliphatic heterocycles. The summed E-state index contributed by atoms with van der Waals surface area (Å²) in [5.74, 6) is -3.85. The maximum Gasteiger partial charge on any atom is 0.238 e. The van der Waals surface area contributed by atoms with Crippen LogP contribution in [-0.2, 0) is 10.0 Å². The fourth-order valence-corrected chi connectivity index (χ4v) is 5.36. The maximum absolute atomic E-state index is 14.8. The highest BCUT2D eigenvalue weighted by Gasteiger charge is 2.56. The van der Waals surface area contributed by atoms with E-state index in [2.05, 4.69) is 10.0 Å². The highest BCUT2D eigenvalue weighted by Crippen LogP contribution is 2.50. The first-order valence-corrected chi connectivity index (χ1v) is 12.2. The van der Waals surface area contributed by atoms with Crippen molar-refractivity contribution in [3.05, 3.63) is 47.3 Å². The first-order valence-electron chi connectivity index (χ1n) is 10.7. The van der Waals surface area contributed by atoms with Crippen LogP contribution in [0.2, 0.25) is 0 Å². The van der Waals surface area contributed by atoms with Gasteiger partial charge >= 0.3 is 0 Å². The molecule has 0 amide bonds. The molecule has 1 aliphatic carbocycles. The van der Waals surface area contributed by atoms with E-state index >= 15 is 0 Å². The van der Waals surface area contributed by atoms with Gasteiger partial charge < -0.3 is 20.9 Å². The molecule has 0 radical (unpaired) electrons. The summed E-state index contributed by atoms with van der Waals surface area (Å²) in [5, 5.41) is 12.7. The molecule has 2 aliphatic rings. The van der Waals surface area contributed by atoms with E-state index in [4.69, 9.17) is 10.5 Å². The van der Waals surface area contributed by atoms with Gasteiger partial charge in [-0.25, -0.2) is 21.6 Å². The summed E-state index contributed by atoms with van der Waals surface area (Å²) >= 11 is 0. The van der Waals surface area contributed by atoms with Crippen LogP contribution < -0.4 is 20.5 Å². The largest absolute Gasteiger partial charge is 0.488 e. The molecule has 0 aromatic heterocycles. The Morgan fingerprint density at radius 1 is 1.18 bits per heavy atom. The van der Waals surface area contributed by atoms with Gasteiger partial charge in [0.25, 0.3) is 0 Å². The molecule has 0 saturated heterocycles. The van der Waals surface area contributed by atoms with E-state index in [0.717, 1.165) is 0 Å². The Hall–Kier alpha value is -2.50. The SMILES string of the molecule is CC.Cc1ccc(Nc2c(F)c(F)cc3c2NS(=O)(=O)C2(CC2)CC(N)C(O)CO3)c(F)c1. The molecule has 2 aromatic rings. The van der Waals surface area contributed by atoms with E-state index in [1.54, 1.807) is 13.0 Å². The van der Waals surface area contributed by atoms with E-state index in [-0.39, 0.29) is 24.5 Å². The summed E-state index contributed by atoms with van der Waals surface area (Å²) in [6.45, 7) is 5.29. The number of hydrogen-bond donors (Lipinski definition) is 4. The van der Waals surface area contributed by atoms with E-state index in [1.165, 1.54) is 12.1 Å². The van der Waals surface area contributed by atoms with Gasteiger partial charge in [0.15, 0.2) is 11.6 Å². The average molecular weight is 488 g/mol. The summed E-state index contributed by atoms with van der Waals surface area (Å²) in [5.41, 5.74) is 5.32. The van der Waals surface area contributed by atoms with Gasteiger partial charge in [-0.15, -0.1) is 0 Å². The van der Waals surface area contributed by atoms with Gasteiger partial charge in [0.1, 0.15) is 35.7 Å².